The first-order chi connectivity index (χ1) is 14.1. The average molecular weight is 393 g/mol. The second-order valence-electron chi connectivity index (χ2n) is 7.60. The van der Waals surface area contributed by atoms with Crippen molar-refractivity contribution in [2.75, 3.05) is 38.2 Å². The van der Waals surface area contributed by atoms with Gasteiger partial charge in [0.2, 0.25) is 5.91 Å². The van der Waals surface area contributed by atoms with Gasteiger partial charge in [0, 0.05) is 26.1 Å². The second-order valence-corrected chi connectivity index (χ2v) is 7.60. The molecule has 0 radical (unpaired) electrons. The number of ether oxygens (including phenoxy) is 1. The van der Waals surface area contributed by atoms with Crippen molar-refractivity contribution in [2.24, 2.45) is 5.92 Å². The summed E-state index contributed by atoms with van der Waals surface area (Å²) in [6, 6.07) is 16.4. The van der Waals surface area contributed by atoms with Gasteiger partial charge in [-0.25, -0.2) is 0 Å². The van der Waals surface area contributed by atoms with Gasteiger partial charge in [-0.2, -0.15) is 4.98 Å². The van der Waals surface area contributed by atoms with E-state index in [0.717, 1.165) is 48.3 Å². The standard InChI is InChI=1S/C23H27N3O3/c1-17-7-3-5-9-20(17)28-16-15-25(2)22(27)18-11-13-26(14-12-18)23-24-19-8-4-6-10-21(19)29-23/h3-10,18H,11-16H2,1-2H3. The number of nitrogens with zero attached hydrogens (tertiary/aromatic N) is 3. The van der Waals surface area contributed by atoms with E-state index < -0.39 is 0 Å². The molecule has 6 nitrogen and oxygen atoms in total. The summed E-state index contributed by atoms with van der Waals surface area (Å²) in [4.78, 5) is 21.3. The van der Waals surface area contributed by atoms with Crippen molar-refractivity contribution in [3.63, 3.8) is 0 Å². The first-order valence-corrected chi connectivity index (χ1v) is 10.2. The van der Waals surface area contributed by atoms with Crippen LogP contribution in [0.2, 0.25) is 0 Å². The molecule has 1 saturated heterocycles. The first kappa shape index (κ1) is 19.3. The van der Waals surface area contributed by atoms with Gasteiger partial charge >= 0.3 is 0 Å². The molecule has 1 amide bonds. The summed E-state index contributed by atoms with van der Waals surface area (Å²) in [5.41, 5.74) is 2.77. The summed E-state index contributed by atoms with van der Waals surface area (Å²) >= 11 is 0. The predicted octanol–water partition coefficient (Wildman–Crippen LogP) is 3.89. The third kappa shape index (κ3) is 4.36. The Bertz CT molecular complexity index is 943. The Morgan fingerprint density at radius 3 is 2.66 bits per heavy atom. The highest BCUT2D eigenvalue weighted by Crippen LogP contribution is 2.27. The van der Waals surface area contributed by atoms with E-state index in [2.05, 4.69) is 9.88 Å². The average Bonchev–Trinajstić information content (AvgIpc) is 3.19. The number of anilines is 1. The summed E-state index contributed by atoms with van der Waals surface area (Å²) < 4.78 is 11.7. The zero-order valence-corrected chi connectivity index (χ0v) is 17.0. The number of aromatic nitrogens is 1. The van der Waals surface area contributed by atoms with E-state index in [1.807, 2.05) is 62.5 Å². The van der Waals surface area contributed by atoms with Crippen LogP contribution in [0.1, 0.15) is 18.4 Å². The number of piperidine rings is 1. The fourth-order valence-electron chi connectivity index (χ4n) is 3.75. The summed E-state index contributed by atoms with van der Waals surface area (Å²) in [6.07, 6.45) is 1.61. The lowest BCUT2D eigenvalue weighted by molar-refractivity contribution is -0.135. The Morgan fingerprint density at radius 2 is 1.90 bits per heavy atom. The number of amides is 1. The van der Waals surface area contributed by atoms with Gasteiger partial charge in [-0.1, -0.05) is 30.3 Å². The first-order valence-electron chi connectivity index (χ1n) is 10.2. The molecule has 0 saturated carbocycles. The number of fused-ring (bicyclic) bond motifs is 1. The molecule has 0 spiro atoms. The van der Waals surface area contributed by atoms with Crippen LogP contribution in [0.5, 0.6) is 5.75 Å². The van der Waals surface area contributed by atoms with Gasteiger partial charge in [0.1, 0.15) is 17.9 Å². The SMILES string of the molecule is Cc1ccccc1OCCN(C)C(=O)C1CCN(c2nc3ccccc3o2)CC1. The maximum atomic E-state index is 12.8. The van der Waals surface area contributed by atoms with Gasteiger partial charge in [0.25, 0.3) is 6.01 Å². The van der Waals surface area contributed by atoms with E-state index in [1.165, 1.54) is 0 Å². The van der Waals surface area contributed by atoms with Crippen molar-refractivity contribution in [3.8, 4) is 5.75 Å². The van der Waals surface area contributed by atoms with E-state index in [4.69, 9.17) is 9.15 Å². The third-order valence-electron chi connectivity index (χ3n) is 5.55. The molecule has 1 fully saturated rings. The molecule has 152 valence electrons. The van der Waals surface area contributed by atoms with Crippen molar-refractivity contribution in [1.29, 1.82) is 0 Å². The Balaban J connectivity index is 1.26. The molecular weight excluding hydrogens is 366 g/mol. The minimum absolute atomic E-state index is 0.0408. The lowest BCUT2D eigenvalue weighted by Gasteiger charge is -2.32. The summed E-state index contributed by atoms with van der Waals surface area (Å²) in [6.45, 7) is 4.65. The Morgan fingerprint density at radius 1 is 1.17 bits per heavy atom. The van der Waals surface area contributed by atoms with Gasteiger partial charge in [-0.05, 0) is 43.5 Å². The number of carbonyl (C=O) groups excluding carboxylic acids is 1. The Hall–Kier alpha value is -3.02. The largest absolute Gasteiger partial charge is 0.491 e. The normalized spacial score (nSPS) is 14.9. The topological polar surface area (TPSA) is 58.8 Å². The van der Waals surface area contributed by atoms with E-state index in [9.17, 15) is 4.79 Å². The number of aryl methyl sites for hydroxylation is 1. The number of oxazole rings is 1. The number of rotatable bonds is 6. The molecule has 0 atom stereocenters. The summed E-state index contributed by atoms with van der Waals surface area (Å²) in [7, 11) is 1.86. The lowest BCUT2D eigenvalue weighted by atomic mass is 9.95. The van der Waals surface area contributed by atoms with Crippen LogP contribution in [0.25, 0.3) is 11.1 Å². The van der Waals surface area contributed by atoms with Crippen molar-refractivity contribution in [1.82, 2.24) is 9.88 Å². The number of hydrogen-bond acceptors (Lipinski definition) is 5. The number of likely N-dealkylation sites (N-methyl/N-ethyl adjacent to an activating group) is 1. The molecular formula is C23H27N3O3. The summed E-state index contributed by atoms with van der Waals surface area (Å²) in [5.74, 6) is 1.11. The van der Waals surface area contributed by atoms with Crippen LogP contribution in [-0.4, -0.2) is 49.1 Å². The summed E-state index contributed by atoms with van der Waals surface area (Å²) in [5, 5.41) is 0. The van der Waals surface area contributed by atoms with Gasteiger partial charge < -0.3 is 19.0 Å². The van der Waals surface area contributed by atoms with Crippen molar-refractivity contribution >= 4 is 23.0 Å². The fraction of sp³-hybridized carbons (Fsp3) is 0.391. The highest BCUT2D eigenvalue weighted by atomic mass is 16.5. The predicted molar refractivity (Wildman–Crippen MR) is 113 cm³/mol. The molecule has 6 heteroatoms. The van der Waals surface area contributed by atoms with Crippen LogP contribution >= 0.6 is 0 Å². The van der Waals surface area contributed by atoms with Crippen molar-refractivity contribution in [3.05, 3.63) is 54.1 Å². The molecule has 3 aromatic rings. The number of benzene rings is 2. The number of hydrogen-bond donors (Lipinski definition) is 0. The number of para-hydroxylation sites is 3. The van der Waals surface area contributed by atoms with Gasteiger partial charge in [-0.3, -0.25) is 4.79 Å². The zero-order chi connectivity index (χ0) is 20.2. The maximum Gasteiger partial charge on any atom is 0.298 e. The monoisotopic (exact) mass is 393 g/mol. The van der Waals surface area contributed by atoms with E-state index >= 15 is 0 Å². The molecule has 1 aromatic heterocycles. The van der Waals surface area contributed by atoms with Crippen LogP contribution in [-0.2, 0) is 4.79 Å². The van der Waals surface area contributed by atoms with Gasteiger partial charge in [0.05, 0.1) is 6.54 Å². The van der Waals surface area contributed by atoms with Crippen molar-refractivity contribution in [2.45, 2.75) is 19.8 Å². The molecule has 0 unspecified atom stereocenters. The molecule has 4 rings (SSSR count). The lowest BCUT2D eigenvalue weighted by Crippen LogP contribution is -2.42. The van der Waals surface area contributed by atoms with E-state index in [1.54, 1.807) is 4.90 Å². The molecule has 0 aliphatic carbocycles. The maximum absolute atomic E-state index is 12.8. The Kier molecular flexibility index (Phi) is 5.69. The molecule has 2 aromatic carbocycles. The minimum atomic E-state index is 0.0408. The molecule has 2 heterocycles. The fourth-order valence-corrected chi connectivity index (χ4v) is 3.75. The van der Waals surface area contributed by atoms with Crippen LogP contribution in [0.4, 0.5) is 6.01 Å². The molecule has 0 N–H and O–H groups in total. The van der Waals surface area contributed by atoms with Crippen LogP contribution in [0, 0.1) is 12.8 Å². The van der Waals surface area contributed by atoms with Crippen LogP contribution < -0.4 is 9.64 Å². The second kappa shape index (κ2) is 8.55. The smallest absolute Gasteiger partial charge is 0.298 e. The van der Waals surface area contributed by atoms with Crippen LogP contribution in [0.15, 0.2) is 52.9 Å². The minimum Gasteiger partial charge on any atom is -0.491 e. The highest BCUT2D eigenvalue weighted by Gasteiger charge is 2.29. The van der Waals surface area contributed by atoms with E-state index in [-0.39, 0.29) is 11.8 Å². The molecule has 1 aliphatic heterocycles. The Labute approximate surface area is 171 Å². The molecule has 29 heavy (non-hydrogen) atoms. The zero-order valence-electron chi connectivity index (χ0n) is 17.0. The number of carbonyl (C=O) groups is 1. The van der Waals surface area contributed by atoms with Crippen LogP contribution in [0.3, 0.4) is 0 Å². The highest BCUT2D eigenvalue weighted by molar-refractivity contribution is 5.79. The van der Waals surface area contributed by atoms with Gasteiger partial charge in [0.15, 0.2) is 5.58 Å². The van der Waals surface area contributed by atoms with E-state index in [0.29, 0.717) is 19.2 Å². The quantitative estimate of drug-likeness (QED) is 0.636. The molecule has 1 aliphatic rings. The van der Waals surface area contributed by atoms with Gasteiger partial charge in [-0.15, -0.1) is 0 Å². The van der Waals surface area contributed by atoms with Crippen molar-refractivity contribution < 1.29 is 13.9 Å². The third-order valence-corrected chi connectivity index (χ3v) is 5.55. The molecule has 0 bridgehead atoms.